The topological polar surface area (TPSA) is 72.0 Å². The minimum Gasteiger partial charge on any atom is -0.497 e. The van der Waals surface area contributed by atoms with Gasteiger partial charge in [0.15, 0.2) is 5.82 Å². The van der Waals surface area contributed by atoms with Gasteiger partial charge < -0.3 is 15.4 Å². The van der Waals surface area contributed by atoms with Crippen LogP contribution in [0.25, 0.3) is 0 Å². The number of nitrogens with zero attached hydrogens (tertiary/aromatic N) is 3. The van der Waals surface area contributed by atoms with E-state index in [1.54, 1.807) is 13.3 Å². The van der Waals surface area contributed by atoms with Gasteiger partial charge in [-0.25, -0.2) is 0 Å². The van der Waals surface area contributed by atoms with E-state index < -0.39 is 0 Å². The van der Waals surface area contributed by atoms with E-state index in [1.165, 1.54) is 0 Å². The Kier molecular flexibility index (Phi) is 5.94. The second kappa shape index (κ2) is 8.17. The van der Waals surface area contributed by atoms with Gasteiger partial charge in [-0.2, -0.15) is 10.1 Å². The zero-order valence-corrected chi connectivity index (χ0v) is 13.3. The van der Waals surface area contributed by atoms with Crippen molar-refractivity contribution < 1.29 is 4.74 Å². The molecule has 1 aromatic heterocycles. The van der Waals surface area contributed by atoms with Gasteiger partial charge in [-0.05, 0) is 30.0 Å². The molecule has 0 aliphatic rings. The van der Waals surface area contributed by atoms with Crippen molar-refractivity contribution in [1.82, 2.24) is 15.2 Å². The van der Waals surface area contributed by atoms with Crippen LogP contribution < -0.4 is 15.4 Å². The van der Waals surface area contributed by atoms with Crippen LogP contribution in [0.1, 0.15) is 25.8 Å². The molecule has 0 bridgehead atoms. The average Bonchev–Trinajstić information content (AvgIpc) is 2.53. The van der Waals surface area contributed by atoms with E-state index in [9.17, 15) is 0 Å². The molecule has 2 aromatic rings. The molecular weight excluding hydrogens is 278 g/mol. The Bertz CT molecular complexity index is 571. The van der Waals surface area contributed by atoms with Crippen molar-refractivity contribution >= 4 is 11.8 Å². The quantitative estimate of drug-likeness (QED) is 0.781. The van der Waals surface area contributed by atoms with Crippen molar-refractivity contribution in [3.8, 4) is 5.75 Å². The van der Waals surface area contributed by atoms with E-state index >= 15 is 0 Å². The number of anilines is 2. The lowest BCUT2D eigenvalue weighted by Gasteiger charge is -2.09. The van der Waals surface area contributed by atoms with Gasteiger partial charge in [0.1, 0.15) is 5.75 Å². The molecule has 0 saturated heterocycles. The van der Waals surface area contributed by atoms with Gasteiger partial charge in [-0.3, -0.25) is 0 Å². The molecule has 1 aromatic carbocycles. The number of rotatable bonds is 8. The molecule has 6 nitrogen and oxygen atoms in total. The van der Waals surface area contributed by atoms with Gasteiger partial charge in [0.25, 0.3) is 0 Å². The monoisotopic (exact) mass is 301 g/mol. The summed E-state index contributed by atoms with van der Waals surface area (Å²) in [5.74, 6) is 2.76. The Labute approximate surface area is 131 Å². The van der Waals surface area contributed by atoms with Crippen LogP contribution in [0.2, 0.25) is 0 Å². The highest BCUT2D eigenvalue weighted by atomic mass is 16.5. The predicted octanol–water partition coefficient (Wildman–Crippen LogP) is 2.95. The lowest BCUT2D eigenvalue weighted by molar-refractivity contribution is 0.414. The predicted molar refractivity (Wildman–Crippen MR) is 88.1 cm³/mol. The first-order chi connectivity index (χ1) is 10.7. The lowest BCUT2D eigenvalue weighted by atomic mass is 10.1. The number of hydrogen-bond donors (Lipinski definition) is 2. The third-order valence-corrected chi connectivity index (χ3v) is 3.20. The van der Waals surface area contributed by atoms with Crippen LogP contribution in [0.3, 0.4) is 0 Å². The molecule has 0 aliphatic carbocycles. The SMILES string of the molecule is COc1ccc(CNc2cnnc(NCCC(C)C)n2)cc1. The first-order valence-corrected chi connectivity index (χ1v) is 7.48. The zero-order chi connectivity index (χ0) is 15.8. The highest BCUT2D eigenvalue weighted by Gasteiger charge is 2.01. The molecule has 2 rings (SSSR count). The van der Waals surface area contributed by atoms with Gasteiger partial charge in [-0.1, -0.05) is 26.0 Å². The maximum Gasteiger partial charge on any atom is 0.244 e. The van der Waals surface area contributed by atoms with Gasteiger partial charge in [-0.15, -0.1) is 5.10 Å². The van der Waals surface area contributed by atoms with Gasteiger partial charge in [0.2, 0.25) is 5.95 Å². The standard InChI is InChI=1S/C16H23N5O/c1-12(2)8-9-17-16-20-15(11-19-21-16)18-10-13-4-6-14(22-3)7-5-13/h4-7,11-12H,8-10H2,1-3H3,(H2,17,18,20,21). The summed E-state index contributed by atoms with van der Waals surface area (Å²) in [6.07, 6.45) is 2.70. The summed E-state index contributed by atoms with van der Waals surface area (Å²) in [5.41, 5.74) is 1.15. The average molecular weight is 301 g/mol. The molecule has 0 radical (unpaired) electrons. The molecular formula is C16H23N5O. The lowest BCUT2D eigenvalue weighted by Crippen LogP contribution is -2.10. The number of aromatic nitrogens is 3. The van der Waals surface area contributed by atoms with E-state index in [4.69, 9.17) is 4.74 Å². The van der Waals surface area contributed by atoms with Crippen molar-refractivity contribution in [3.05, 3.63) is 36.0 Å². The maximum atomic E-state index is 5.14. The summed E-state index contributed by atoms with van der Waals surface area (Å²) in [4.78, 5) is 4.40. The first kappa shape index (κ1) is 16.0. The molecule has 0 amide bonds. The molecule has 6 heteroatoms. The Hall–Kier alpha value is -2.37. The Balaban J connectivity index is 1.86. The molecule has 0 aliphatic heterocycles. The fourth-order valence-electron chi connectivity index (χ4n) is 1.87. The summed E-state index contributed by atoms with van der Waals surface area (Å²) in [6, 6.07) is 7.91. The molecule has 0 spiro atoms. The van der Waals surface area contributed by atoms with Crippen molar-refractivity contribution in [3.63, 3.8) is 0 Å². The van der Waals surface area contributed by atoms with Crippen molar-refractivity contribution in [2.75, 3.05) is 24.3 Å². The molecule has 0 atom stereocenters. The third-order valence-electron chi connectivity index (χ3n) is 3.20. The van der Waals surface area contributed by atoms with E-state index in [-0.39, 0.29) is 0 Å². The number of hydrogen-bond acceptors (Lipinski definition) is 6. The number of ether oxygens (including phenoxy) is 1. The number of methoxy groups -OCH3 is 1. The van der Waals surface area contributed by atoms with E-state index in [0.29, 0.717) is 24.2 Å². The van der Waals surface area contributed by atoms with Gasteiger partial charge >= 0.3 is 0 Å². The molecule has 0 unspecified atom stereocenters. The largest absolute Gasteiger partial charge is 0.497 e. The van der Waals surface area contributed by atoms with Crippen molar-refractivity contribution in [1.29, 1.82) is 0 Å². The minimum absolute atomic E-state index is 0.556. The molecule has 0 saturated carbocycles. The van der Waals surface area contributed by atoms with Gasteiger partial charge in [0.05, 0.1) is 13.3 Å². The second-order valence-corrected chi connectivity index (χ2v) is 5.48. The number of nitrogens with one attached hydrogen (secondary N) is 2. The Morgan fingerprint density at radius 3 is 2.59 bits per heavy atom. The van der Waals surface area contributed by atoms with Crippen molar-refractivity contribution in [2.24, 2.45) is 5.92 Å². The maximum absolute atomic E-state index is 5.14. The summed E-state index contributed by atoms with van der Waals surface area (Å²) in [6.45, 7) is 5.90. The minimum atomic E-state index is 0.556. The van der Waals surface area contributed by atoms with E-state index in [1.807, 2.05) is 24.3 Å². The molecule has 2 N–H and O–H groups in total. The van der Waals surface area contributed by atoms with Gasteiger partial charge in [0, 0.05) is 13.1 Å². The zero-order valence-electron chi connectivity index (χ0n) is 13.3. The van der Waals surface area contributed by atoms with Crippen LogP contribution in [-0.2, 0) is 6.54 Å². The number of benzene rings is 1. The van der Waals surface area contributed by atoms with E-state index in [2.05, 4.69) is 39.7 Å². The smallest absolute Gasteiger partial charge is 0.244 e. The van der Waals surface area contributed by atoms with Crippen LogP contribution >= 0.6 is 0 Å². The summed E-state index contributed by atoms with van der Waals surface area (Å²) in [5, 5.41) is 14.4. The van der Waals surface area contributed by atoms with Crippen LogP contribution in [0.4, 0.5) is 11.8 Å². The van der Waals surface area contributed by atoms with Crippen molar-refractivity contribution in [2.45, 2.75) is 26.8 Å². The molecule has 0 fully saturated rings. The summed E-state index contributed by atoms with van der Waals surface area (Å²) in [7, 11) is 1.66. The highest BCUT2D eigenvalue weighted by molar-refractivity contribution is 5.38. The fraction of sp³-hybridized carbons (Fsp3) is 0.438. The normalized spacial score (nSPS) is 10.5. The summed E-state index contributed by atoms with van der Waals surface area (Å²) < 4.78 is 5.14. The molecule has 118 valence electrons. The first-order valence-electron chi connectivity index (χ1n) is 7.48. The Morgan fingerprint density at radius 1 is 1.14 bits per heavy atom. The van der Waals surface area contributed by atoms with Crippen LogP contribution in [0.15, 0.2) is 30.5 Å². The van der Waals surface area contributed by atoms with E-state index in [0.717, 1.165) is 24.3 Å². The molecule has 22 heavy (non-hydrogen) atoms. The van der Waals surface area contributed by atoms with Crippen LogP contribution in [0, 0.1) is 5.92 Å². The fourth-order valence-corrected chi connectivity index (χ4v) is 1.87. The molecule has 1 heterocycles. The second-order valence-electron chi connectivity index (χ2n) is 5.48. The van der Waals surface area contributed by atoms with Crippen LogP contribution in [-0.4, -0.2) is 28.8 Å². The van der Waals surface area contributed by atoms with Crippen LogP contribution in [0.5, 0.6) is 5.75 Å². The summed E-state index contributed by atoms with van der Waals surface area (Å²) >= 11 is 0. The third kappa shape index (κ3) is 5.20. The Morgan fingerprint density at radius 2 is 1.91 bits per heavy atom. The highest BCUT2D eigenvalue weighted by Crippen LogP contribution is 2.13.